The van der Waals surface area contributed by atoms with Gasteiger partial charge in [-0.15, -0.1) is 0 Å². The third-order valence-corrected chi connectivity index (χ3v) is 2.24. The number of rotatable bonds is 2. The molecule has 2 aromatic heterocycles. The number of aryl methyl sites for hydroxylation is 1. The number of hydrogen-bond donors (Lipinski definition) is 1. The van der Waals surface area contributed by atoms with E-state index < -0.39 is 0 Å². The van der Waals surface area contributed by atoms with Gasteiger partial charge in [-0.3, -0.25) is 0 Å². The van der Waals surface area contributed by atoms with Crippen molar-refractivity contribution in [1.82, 2.24) is 14.8 Å². The van der Waals surface area contributed by atoms with Crippen LogP contribution >= 0.6 is 0 Å². The van der Waals surface area contributed by atoms with Crippen LogP contribution in [-0.2, 0) is 0 Å². The van der Waals surface area contributed by atoms with Crippen molar-refractivity contribution in [1.29, 1.82) is 0 Å². The van der Waals surface area contributed by atoms with E-state index in [4.69, 9.17) is 5.73 Å². The Labute approximate surface area is 88.8 Å². The van der Waals surface area contributed by atoms with Crippen molar-refractivity contribution in [2.75, 3.05) is 0 Å². The summed E-state index contributed by atoms with van der Waals surface area (Å²) in [5, 5.41) is 4.23. The third kappa shape index (κ3) is 1.89. The normalized spacial score (nSPS) is 12.7. The average Bonchev–Trinajstić information content (AvgIpc) is 2.65. The van der Waals surface area contributed by atoms with Gasteiger partial charge in [0.25, 0.3) is 0 Å². The predicted molar refractivity (Wildman–Crippen MR) is 58.7 cm³/mol. The molecule has 0 amide bonds. The van der Waals surface area contributed by atoms with Crippen LogP contribution in [0.1, 0.15) is 24.1 Å². The summed E-state index contributed by atoms with van der Waals surface area (Å²) in [6, 6.07) is 3.82. The number of hydrogen-bond acceptors (Lipinski definition) is 3. The Balaban J connectivity index is 2.52. The van der Waals surface area contributed by atoms with Crippen molar-refractivity contribution >= 4 is 0 Å². The van der Waals surface area contributed by atoms with Gasteiger partial charge >= 0.3 is 0 Å². The molecule has 0 aliphatic carbocycles. The van der Waals surface area contributed by atoms with Gasteiger partial charge in [-0.1, -0.05) is 6.07 Å². The van der Waals surface area contributed by atoms with Gasteiger partial charge in [0.1, 0.15) is 0 Å². The quantitative estimate of drug-likeness (QED) is 0.804. The van der Waals surface area contributed by atoms with Crippen LogP contribution in [0.4, 0.5) is 0 Å². The molecule has 0 saturated carbocycles. The molecule has 4 nitrogen and oxygen atoms in total. The number of aromatic nitrogens is 3. The van der Waals surface area contributed by atoms with E-state index in [1.165, 1.54) is 0 Å². The lowest BCUT2D eigenvalue weighted by Crippen LogP contribution is -2.11. The Bertz CT molecular complexity index is 459. The van der Waals surface area contributed by atoms with E-state index in [1.807, 2.05) is 32.2 Å². The smallest absolute Gasteiger partial charge is 0.158 e. The summed E-state index contributed by atoms with van der Waals surface area (Å²) in [6.45, 7) is 3.94. The first-order chi connectivity index (χ1) is 7.18. The summed E-state index contributed by atoms with van der Waals surface area (Å²) in [5.41, 5.74) is 7.99. The Morgan fingerprint density at radius 2 is 2.27 bits per heavy atom. The van der Waals surface area contributed by atoms with E-state index >= 15 is 0 Å². The summed E-state index contributed by atoms with van der Waals surface area (Å²) in [6.07, 6.45) is 5.49. The molecule has 0 saturated heterocycles. The topological polar surface area (TPSA) is 56.7 Å². The highest BCUT2D eigenvalue weighted by Gasteiger charge is 2.09. The zero-order chi connectivity index (χ0) is 10.8. The molecule has 0 spiro atoms. The summed E-state index contributed by atoms with van der Waals surface area (Å²) in [7, 11) is 0. The van der Waals surface area contributed by atoms with Gasteiger partial charge in [-0.05, 0) is 25.5 Å². The maximum absolute atomic E-state index is 5.88. The van der Waals surface area contributed by atoms with E-state index in [9.17, 15) is 0 Å². The van der Waals surface area contributed by atoms with Crippen molar-refractivity contribution in [3.63, 3.8) is 0 Å². The van der Waals surface area contributed by atoms with Crippen molar-refractivity contribution in [2.24, 2.45) is 5.73 Å². The van der Waals surface area contributed by atoms with Gasteiger partial charge in [-0.2, -0.15) is 5.10 Å². The molecular weight excluding hydrogens is 188 g/mol. The molecule has 2 rings (SSSR count). The van der Waals surface area contributed by atoms with Gasteiger partial charge in [0.15, 0.2) is 5.82 Å². The summed E-state index contributed by atoms with van der Waals surface area (Å²) in [4.78, 5) is 4.30. The molecule has 0 aliphatic rings. The predicted octanol–water partition coefficient (Wildman–Crippen LogP) is 1.60. The van der Waals surface area contributed by atoms with Gasteiger partial charge < -0.3 is 5.73 Å². The molecule has 2 heterocycles. The molecule has 0 bridgehead atoms. The minimum Gasteiger partial charge on any atom is -0.324 e. The fourth-order valence-corrected chi connectivity index (χ4v) is 1.48. The SMILES string of the molecule is Cc1cnn(-c2ncccc2[C@@H](C)N)c1. The zero-order valence-corrected chi connectivity index (χ0v) is 8.88. The van der Waals surface area contributed by atoms with Crippen LogP contribution in [0.3, 0.4) is 0 Å². The van der Waals surface area contributed by atoms with Crippen LogP contribution in [0.5, 0.6) is 0 Å². The second-order valence-electron chi connectivity index (χ2n) is 3.67. The van der Waals surface area contributed by atoms with E-state index in [2.05, 4.69) is 10.1 Å². The fraction of sp³-hybridized carbons (Fsp3) is 0.273. The van der Waals surface area contributed by atoms with Crippen LogP contribution in [-0.4, -0.2) is 14.8 Å². The van der Waals surface area contributed by atoms with E-state index in [1.54, 1.807) is 17.1 Å². The van der Waals surface area contributed by atoms with Crippen molar-refractivity contribution < 1.29 is 0 Å². The molecule has 15 heavy (non-hydrogen) atoms. The number of nitrogens with zero attached hydrogens (tertiary/aromatic N) is 3. The molecule has 0 unspecified atom stereocenters. The van der Waals surface area contributed by atoms with E-state index in [-0.39, 0.29) is 6.04 Å². The summed E-state index contributed by atoms with van der Waals surface area (Å²) >= 11 is 0. The van der Waals surface area contributed by atoms with Crippen molar-refractivity contribution in [2.45, 2.75) is 19.9 Å². The Morgan fingerprint density at radius 3 is 2.87 bits per heavy atom. The number of pyridine rings is 1. The molecule has 78 valence electrons. The summed E-state index contributed by atoms with van der Waals surface area (Å²) in [5.74, 6) is 0.806. The molecule has 2 aromatic rings. The lowest BCUT2D eigenvalue weighted by Gasteiger charge is -2.10. The molecule has 4 heteroatoms. The molecule has 0 aliphatic heterocycles. The molecule has 0 fully saturated rings. The van der Waals surface area contributed by atoms with Crippen LogP contribution in [0.2, 0.25) is 0 Å². The van der Waals surface area contributed by atoms with Crippen LogP contribution in [0.15, 0.2) is 30.7 Å². The largest absolute Gasteiger partial charge is 0.324 e. The first kappa shape index (κ1) is 9.86. The lowest BCUT2D eigenvalue weighted by molar-refractivity contribution is 0.761. The zero-order valence-electron chi connectivity index (χ0n) is 8.88. The van der Waals surface area contributed by atoms with Crippen LogP contribution in [0.25, 0.3) is 5.82 Å². The highest BCUT2D eigenvalue weighted by Crippen LogP contribution is 2.16. The molecule has 1 atom stereocenters. The Hall–Kier alpha value is -1.68. The minimum atomic E-state index is -0.0433. The highest BCUT2D eigenvalue weighted by molar-refractivity contribution is 5.35. The Morgan fingerprint density at radius 1 is 1.47 bits per heavy atom. The minimum absolute atomic E-state index is 0.0433. The first-order valence-corrected chi connectivity index (χ1v) is 4.90. The lowest BCUT2D eigenvalue weighted by atomic mass is 10.1. The van der Waals surface area contributed by atoms with E-state index in [0.717, 1.165) is 16.9 Å². The standard InChI is InChI=1S/C11H14N4/c1-8-6-14-15(7-8)11-10(9(2)12)4-3-5-13-11/h3-7,9H,12H2,1-2H3/t9-/m1/s1. The van der Waals surface area contributed by atoms with Gasteiger partial charge in [0, 0.05) is 24.0 Å². The highest BCUT2D eigenvalue weighted by atomic mass is 15.3. The molecule has 0 radical (unpaired) electrons. The Kier molecular flexibility index (Phi) is 2.51. The van der Waals surface area contributed by atoms with Gasteiger partial charge in [0.05, 0.1) is 6.20 Å². The third-order valence-electron chi connectivity index (χ3n) is 2.24. The first-order valence-electron chi connectivity index (χ1n) is 4.90. The molecule has 0 aromatic carbocycles. The second kappa shape index (κ2) is 3.82. The van der Waals surface area contributed by atoms with Crippen LogP contribution in [0, 0.1) is 6.92 Å². The fourth-order valence-electron chi connectivity index (χ4n) is 1.48. The monoisotopic (exact) mass is 202 g/mol. The van der Waals surface area contributed by atoms with Gasteiger partial charge in [-0.25, -0.2) is 9.67 Å². The van der Waals surface area contributed by atoms with E-state index in [0.29, 0.717) is 0 Å². The maximum atomic E-state index is 5.88. The van der Waals surface area contributed by atoms with Gasteiger partial charge in [0.2, 0.25) is 0 Å². The number of nitrogens with two attached hydrogens (primary N) is 1. The molecular formula is C11H14N4. The average molecular weight is 202 g/mol. The van der Waals surface area contributed by atoms with Crippen molar-refractivity contribution in [3.05, 3.63) is 41.9 Å². The second-order valence-corrected chi connectivity index (χ2v) is 3.67. The maximum Gasteiger partial charge on any atom is 0.158 e. The molecule has 2 N–H and O–H groups in total. The summed E-state index contributed by atoms with van der Waals surface area (Å²) < 4.78 is 1.76. The van der Waals surface area contributed by atoms with Crippen LogP contribution < -0.4 is 5.73 Å². The van der Waals surface area contributed by atoms with Crippen molar-refractivity contribution in [3.8, 4) is 5.82 Å².